The molecule has 1 aliphatic heterocycles. The molecule has 1 saturated heterocycles. The van der Waals surface area contributed by atoms with E-state index < -0.39 is 27.4 Å². The molecule has 1 heterocycles. The van der Waals surface area contributed by atoms with Crippen LogP contribution in [0.5, 0.6) is 0 Å². The first-order valence-electron chi connectivity index (χ1n) is 13.1. The maximum Gasteiger partial charge on any atom is 0.228 e. The molecule has 1 N–H and O–H groups in total. The van der Waals surface area contributed by atoms with Gasteiger partial charge >= 0.3 is 0 Å². The Balaban J connectivity index is 1.63. The lowest BCUT2D eigenvalue weighted by molar-refractivity contribution is -0.115. The molecule has 5 nitrogen and oxygen atoms in total. The highest BCUT2D eigenvalue weighted by Gasteiger charge is 2.30. The summed E-state index contributed by atoms with van der Waals surface area (Å²) in [4.78, 5) is 16.3. The molecule has 1 amide bonds. The van der Waals surface area contributed by atoms with Gasteiger partial charge in [0.05, 0.1) is 29.3 Å². The summed E-state index contributed by atoms with van der Waals surface area (Å²) in [6.45, 7) is 4.90. The highest BCUT2D eigenvalue weighted by molar-refractivity contribution is 7.98. The van der Waals surface area contributed by atoms with Crippen molar-refractivity contribution in [1.29, 1.82) is 0 Å². The molecule has 1 fully saturated rings. The van der Waals surface area contributed by atoms with Gasteiger partial charge < -0.3 is 10.2 Å². The van der Waals surface area contributed by atoms with Gasteiger partial charge in [0, 0.05) is 29.3 Å². The van der Waals surface area contributed by atoms with Crippen molar-refractivity contribution >= 4 is 38.9 Å². The summed E-state index contributed by atoms with van der Waals surface area (Å²) in [5.74, 6) is -0.533. The third kappa shape index (κ3) is 8.29. The van der Waals surface area contributed by atoms with Crippen molar-refractivity contribution in [2.24, 2.45) is 5.92 Å². The molecule has 0 saturated carbocycles. The molecule has 0 bridgehead atoms. The fourth-order valence-corrected chi connectivity index (χ4v) is 7.11. The zero-order valence-electron chi connectivity index (χ0n) is 22.2. The van der Waals surface area contributed by atoms with Crippen LogP contribution in [0.1, 0.15) is 37.8 Å². The van der Waals surface area contributed by atoms with E-state index in [0.29, 0.717) is 31.0 Å². The molecular weight excluding hydrogens is 538 g/mol. The smallest absolute Gasteiger partial charge is 0.228 e. The fourth-order valence-electron chi connectivity index (χ4n) is 4.76. The van der Waals surface area contributed by atoms with E-state index >= 15 is 0 Å². The Kier molecular flexibility index (Phi) is 9.67. The SMILES string of the molecule is CC(C)CN(c1ccc(SCc2ccccc2)cc1NC(=O)Cc1ccc(F)cc1F)C1CCS(=O)(=O)CC1. The lowest BCUT2D eigenvalue weighted by Crippen LogP contribution is -2.43. The molecule has 0 aromatic heterocycles. The van der Waals surface area contributed by atoms with Crippen molar-refractivity contribution in [3.05, 3.63) is 89.5 Å². The molecule has 1 aliphatic rings. The number of anilines is 2. The van der Waals surface area contributed by atoms with Crippen molar-refractivity contribution in [3.63, 3.8) is 0 Å². The number of rotatable bonds is 10. The Bertz CT molecular complexity index is 1380. The first kappa shape index (κ1) is 29.1. The van der Waals surface area contributed by atoms with Gasteiger partial charge in [-0.2, -0.15) is 0 Å². The van der Waals surface area contributed by atoms with Crippen molar-refractivity contribution in [2.75, 3.05) is 28.3 Å². The number of halogens is 2. The minimum atomic E-state index is -3.03. The van der Waals surface area contributed by atoms with E-state index in [1.54, 1.807) is 11.8 Å². The van der Waals surface area contributed by atoms with Crippen molar-refractivity contribution < 1.29 is 22.0 Å². The average Bonchev–Trinajstić information content (AvgIpc) is 2.89. The Labute approximate surface area is 233 Å². The standard InChI is InChI=1S/C30H34F2N2O3S2/c1-21(2)19-34(25-12-14-39(36,37)15-13-25)29-11-10-26(38-20-22-6-4-3-5-7-22)18-28(29)33-30(35)16-23-8-9-24(31)17-27(23)32/h3-11,17-18,21,25H,12-16,19-20H2,1-2H3,(H,33,35). The number of benzene rings is 3. The maximum atomic E-state index is 14.3. The molecule has 9 heteroatoms. The van der Waals surface area contributed by atoms with Crippen LogP contribution in [0.15, 0.2) is 71.6 Å². The van der Waals surface area contributed by atoms with Crippen LogP contribution in [-0.4, -0.2) is 38.4 Å². The number of carbonyl (C=O) groups is 1. The summed E-state index contributed by atoms with van der Waals surface area (Å²) in [5.41, 5.74) is 2.69. The lowest BCUT2D eigenvalue weighted by atomic mass is 10.0. The molecule has 4 rings (SSSR count). The first-order valence-corrected chi connectivity index (χ1v) is 15.9. The Hall–Kier alpha value is -2.91. The molecule has 3 aromatic rings. The number of sulfone groups is 1. The number of nitrogens with zero attached hydrogens (tertiary/aromatic N) is 1. The molecule has 39 heavy (non-hydrogen) atoms. The molecule has 0 spiro atoms. The second kappa shape index (κ2) is 13.0. The number of nitrogens with one attached hydrogen (secondary N) is 1. The third-order valence-corrected chi connectivity index (χ3v) is 9.47. The van der Waals surface area contributed by atoms with Crippen LogP contribution in [-0.2, 0) is 26.8 Å². The fraction of sp³-hybridized carbons (Fsp3) is 0.367. The van der Waals surface area contributed by atoms with Gasteiger partial charge in [0.25, 0.3) is 0 Å². The van der Waals surface area contributed by atoms with Gasteiger partial charge in [0.2, 0.25) is 5.91 Å². The number of hydrogen-bond acceptors (Lipinski definition) is 5. The lowest BCUT2D eigenvalue weighted by Gasteiger charge is -2.38. The first-order chi connectivity index (χ1) is 18.6. The summed E-state index contributed by atoms with van der Waals surface area (Å²) < 4.78 is 51.8. The number of thioether (sulfide) groups is 1. The zero-order chi connectivity index (χ0) is 28.0. The van der Waals surface area contributed by atoms with Gasteiger partial charge in [-0.05, 0) is 54.2 Å². The molecule has 208 valence electrons. The highest BCUT2D eigenvalue weighted by atomic mass is 32.2. The van der Waals surface area contributed by atoms with E-state index in [1.165, 1.54) is 11.6 Å². The Morgan fingerprint density at radius 1 is 1.03 bits per heavy atom. The van der Waals surface area contributed by atoms with Crippen LogP contribution in [0.2, 0.25) is 0 Å². The van der Waals surface area contributed by atoms with E-state index in [4.69, 9.17) is 0 Å². The number of carbonyl (C=O) groups excluding carboxylic acids is 1. The van der Waals surface area contributed by atoms with E-state index in [0.717, 1.165) is 28.5 Å². The molecular formula is C30H34F2N2O3S2. The Morgan fingerprint density at radius 3 is 2.41 bits per heavy atom. The van der Waals surface area contributed by atoms with E-state index in [1.807, 2.05) is 36.4 Å². The second-order valence-corrected chi connectivity index (χ2v) is 13.7. The molecule has 0 atom stereocenters. The predicted octanol–water partition coefficient (Wildman–Crippen LogP) is 6.48. The van der Waals surface area contributed by atoms with Gasteiger partial charge in [-0.25, -0.2) is 17.2 Å². The van der Waals surface area contributed by atoms with Gasteiger partial charge in [-0.3, -0.25) is 4.79 Å². The minimum Gasteiger partial charge on any atom is -0.367 e. The maximum absolute atomic E-state index is 14.3. The summed E-state index contributed by atoms with van der Waals surface area (Å²) in [7, 11) is -3.03. The quantitative estimate of drug-likeness (QED) is 0.282. The van der Waals surface area contributed by atoms with Crippen LogP contribution >= 0.6 is 11.8 Å². The Morgan fingerprint density at radius 2 is 1.74 bits per heavy atom. The summed E-state index contributed by atoms with van der Waals surface area (Å²) >= 11 is 1.64. The predicted molar refractivity (Wildman–Crippen MR) is 155 cm³/mol. The summed E-state index contributed by atoms with van der Waals surface area (Å²) in [5, 5.41) is 2.98. The molecule has 0 unspecified atom stereocenters. The molecule has 0 radical (unpaired) electrons. The monoisotopic (exact) mass is 572 g/mol. The zero-order valence-corrected chi connectivity index (χ0v) is 23.8. The highest BCUT2D eigenvalue weighted by Crippen LogP contribution is 2.36. The molecule has 3 aromatic carbocycles. The van der Waals surface area contributed by atoms with Crippen molar-refractivity contribution in [3.8, 4) is 0 Å². The van der Waals surface area contributed by atoms with Gasteiger partial charge in [-0.1, -0.05) is 50.2 Å². The molecule has 0 aliphatic carbocycles. The van der Waals surface area contributed by atoms with Gasteiger partial charge in [-0.15, -0.1) is 11.8 Å². The van der Waals surface area contributed by atoms with Crippen LogP contribution in [0.3, 0.4) is 0 Å². The second-order valence-electron chi connectivity index (χ2n) is 10.3. The summed E-state index contributed by atoms with van der Waals surface area (Å²) in [6.07, 6.45) is 0.806. The average molecular weight is 573 g/mol. The van der Waals surface area contributed by atoms with Crippen molar-refractivity contribution in [2.45, 2.75) is 49.8 Å². The van der Waals surface area contributed by atoms with E-state index in [9.17, 15) is 22.0 Å². The van der Waals surface area contributed by atoms with Crippen molar-refractivity contribution in [1.82, 2.24) is 0 Å². The normalized spacial score (nSPS) is 15.3. The van der Waals surface area contributed by atoms with Gasteiger partial charge in [0.1, 0.15) is 21.5 Å². The van der Waals surface area contributed by atoms with Gasteiger partial charge in [0.15, 0.2) is 0 Å². The summed E-state index contributed by atoms with van der Waals surface area (Å²) in [6, 6.07) is 19.2. The largest absolute Gasteiger partial charge is 0.367 e. The minimum absolute atomic E-state index is 0.0175. The van der Waals surface area contributed by atoms with E-state index in [2.05, 4.69) is 36.2 Å². The van der Waals surface area contributed by atoms with Crippen LogP contribution in [0, 0.1) is 17.6 Å². The van der Waals surface area contributed by atoms with Crippen LogP contribution < -0.4 is 10.2 Å². The topological polar surface area (TPSA) is 66.5 Å². The number of amides is 1. The van der Waals surface area contributed by atoms with E-state index in [-0.39, 0.29) is 29.5 Å². The third-order valence-electron chi connectivity index (χ3n) is 6.69. The van der Waals surface area contributed by atoms with Crippen LogP contribution in [0.4, 0.5) is 20.2 Å². The van der Waals surface area contributed by atoms with Crippen LogP contribution in [0.25, 0.3) is 0 Å². The number of hydrogen-bond donors (Lipinski definition) is 1.